The normalized spacial score (nSPS) is 12.1. The van der Waals surface area contributed by atoms with Gasteiger partial charge in [-0.2, -0.15) is 0 Å². The van der Waals surface area contributed by atoms with Gasteiger partial charge in [-0.05, 0) is 32.2 Å². The number of benzene rings is 1. The summed E-state index contributed by atoms with van der Waals surface area (Å²) in [6.07, 6.45) is 2.31. The Morgan fingerprint density at radius 1 is 1.38 bits per heavy atom. The first-order valence-electron chi connectivity index (χ1n) is 7.06. The number of hydrogen-bond acceptors (Lipinski definition) is 5. The zero-order valence-electron chi connectivity index (χ0n) is 12.3. The molecule has 2 rings (SSSR count). The number of carbonyl (C=O) groups is 1. The van der Waals surface area contributed by atoms with Gasteiger partial charge in [0.1, 0.15) is 11.8 Å². The fraction of sp³-hybridized carbons (Fsp3) is 0.375. The van der Waals surface area contributed by atoms with Gasteiger partial charge in [-0.3, -0.25) is 9.78 Å². The fourth-order valence-corrected chi connectivity index (χ4v) is 2.05. The molecule has 0 fully saturated rings. The summed E-state index contributed by atoms with van der Waals surface area (Å²) >= 11 is 0. The standard InChI is InChI=1S/C16H20N2O3/c1-3-20-16(19)14(17-2)8-10-21-13-7-6-12-5-4-9-18-15(12)11-13/h4-7,9,11,14,17H,3,8,10H2,1-2H3. The second-order valence-corrected chi connectivity index (χ2v) is 4.59. The van der Waals surface area contributed by atoms with E-state index in [2.05, 4.69) is 10.3 Å². The topological polar surface area (TPSA) is 60.5 Å². The number of rotatable bonds is 7. The van der Waals surface area contributed by atoms with Crippen LogP contribution in [-0.2, 0) is 9.53 Å². The zero-order valence-corrected chi connectivity index (χ0v) is 12.3. The van der Waals surface area contributed by atoms with Crippen LogP contribution < -0.4 is 10.1 Å². The van der Waals surface area contributed by atoms with E-state index in [1.54, 1.807) is 20.2 Å². The van der Waals surface area contributed by atoms with Crippen molar-refractivity contribution >= 4 is 16.9 Å². The van der Waals surface area contributed by atoms with Gasteiger partial charge in [0.05, 0.1) is 18.7 Å². The van der Waals surface area contributed by atoms with Gasteiger partial charge in [-0.25, -0.2) is 0 Å². The fourth-order valence-electron chi connectivity index (χ4n) is 2.05. The molecule has 0 amide bonds. The van der Waals surface area contributed by atoms with Gasteiger partial charge < -0.3 is 14.8 Å². The lowest BCUT2D eigenvalue weighted by Crippen LogP contribution is -2.36. The van der Waals surface area contributed by atoms with Gasteiger partial charge >= 0.3 is 5.97 Å². The van der Waals surface area contributed by atoms with Crippen LogP contribution in [0.5, 0.6) is 5.75 Å². The van der Waals surface area contributed by atoms with Crippen LogP contribution in [0.3, 0.4) is 0 Å². The summed E-state index contributed by atoms with van der Waals surface area (Å²) in [7, 11) is 1.74. The van der Waals surface area contributed by atoms with Crippen molar-refractivity contribution < 1.29 is 14.3 Å². The van der Waals surface area contributed by atoms with Gasteiger partial charge in [0.15, 0.2) is 0 Å². The molecule has 5 heteroatoms. The molecule has 112 valence electrons. The molecule has 0 aliphatic carbocycles. The Balaban J connectivity index is 1.90. The van der Waals surface area contributed by atoms with Crippen LogP contribution in [-0.4, -0.2) is 37.3 Å². The summed E-state index contributed by atoms with van der Waals surface area (Å²) in [4.78, 5) is 15.9. The summed E-state index contributed by atoms with van der Waals surface area (Å²) in [6, 6.07) is 9.34. The Morgan fingerprint density at radius 2 is 2.24 bits per heavy atom. The zero-order chi connectivity index (χ0) is 15.1. The molecule has 1 unspecified atom stereocenters. The largest absolute Gasteiger partial charge is 0.493 e. The number of nitrogens with one attached hydrogen (secondary N) is 1. The van der Waals surface area contributed by atoms with E-state index in [1.807, 2.05) is 30.3 Å². The predicted octanol–water partition coefficient (Wildman–Crippen LogP) is 2.15. The molecular formula is C16H20N2O3. The van der Waals surface area contributed by atoms with Crippen molar-refractivity contribution in [3.63, 3.8) is 0 Å². The van der Waals surface area contributed by atoms with Gasteiger partial charge in [-0.1, -0.05) is 6.07 Å². The van der Waals surface area contributed by atoms with Gasteiger partial charge in [-0.15, -0.1) is 0 Å². The minimum Gasteiger partial charge on any atom is -0.493 e. The number of nitrogens with zero attached hydrogens (tertiary/aromatic N) is 1. The molecule has 1 aromatic heterocycles. The third-order valence-corrected chi connectivity index (χ3v) is 3.17. The molecular weight excluding hydrogens is 268 g/mol. The van der Waals surface area contributed by atoms with E-state index in [1.165, 1.54) is 0 Å². The van der Waals surface area contributed by atoms with Gasteiger partial charge in [0.25, 0.3) is 0 Å². The molecule has 2 aromatic rings. The van der Waals surface area contributed by atoms with Crippen LogP contribution in [0.4, 0.5) is 0 Å². The summed E-state index contributed by atoms with van der Waals surface area (Å²) < 4.78 is 10.7. The quantitative estimate of drug-likeness (QED) is 0.791. The molecule has 21 heavy (non-hydrogen) atoms. The van der Waals surface area contributed by atoms with Crippen LogP contribution in [0.1, 0.15) is 13.3 Å². The molecule has 1 aromatic carbocycles. The van der Waals surface area contributed by atoms with Crippen molar-refractivity contribution in [3.05, 3.63) is 36.5 Å². The Hall–Kier alpha value is -2.14. The van der Waals surface area contributed by atoms with Crippen molar-refractivity contribution in [1.29, 1.82) is 0 Å². The van der Waals surface area contributed by atoms with Gasteiger partial charge in [0.2, 0.25) is 0 Å². The smallest absolute Gasteiger partial charge is 0.323 e. The molecule has 1 N–H and O–H groups in total. The SMILES string of the molecule is CCOC(=O)C(CCOc1ccc2cccnc2c1)NC. The molecule has 0 aliphatic rings. The van der Waals surface area contributed by atoms with Crippen LogP contribution in [0.2, 0.25) is 0 Å². The van der Waals surface area contributed by atoms with Crippen LogP contribution in [0.25, 0.3) is 10.9 Å². The number of esters is 1. The first-order valence-corrected chi connectivity index (χ1v) is 7.06. The molecule has 5 nitrogen and oxygen atoms in total. The molecule has 0 aliphatic heterocycles. The van der Waals surface area contributed by atoms with E-state index in [-0.39, 0.29) is 12.0 Å². The van der Waals surface area contributed by atoms with Gasteiger partial charge in [0, 0.05) is 24.1 Å². The van der Waals surface area contributed by atoms with Crippen molar-refractivity contribution in [2.75, 3.05) is 20.3 Å². The molecule has 0 bridgehead atoms. The van der Waals surface area contributed by atoms with Crippen molar-refractivity contribution in [2.24, 2.45) is 0 Å². The minimum atomic E-state index is -0.344. The number of carbonyl (C=O) groups excluding carboxylic acids is 1. The Bertz CT molecular complexity index is 601. The highest BCUT2D eigenvalue weighted by molar-refractivity contribution is 5.79. The van der Waals surface area contributed by atoms with E-state index in [0.717, 1.165) is 16.7 Å². The number of fused-ring (bicyclic) bond motifs is 1. The third-order valence-electron chi connectivity index (χ3n) is 3.17. The number of aromatic nitrogens is 1. The lowest BCUT2D eigenvalue weighted by atomic mass is 10.2. The number of hydrogen-bond donors (Lipinski definition) is 1. The van der Waals surface area contributed by atoms with Crippen LogP contribution in [0.15, 0.2) is 36.5 Å². The lowest BCUT2D eigenvalue weighted by molar-refractivity contribution is -0.145. The number of likely N-dealkylation sites (N-methyl/N-ethyl adjacent to an activating group) is 1. The monoisotopic (exact) mass is 288 g/mol. The average molecular weight is 288 g/mol. The minimum absolute atomic E-state index is 0.247. The maximum absolute atomic E-state index is 11.6. The Labute approximate surface area is 124 Å². The maximum Gasteiger partial charge on any atom is 0.323 e. The van der Waals surface area contributed by atoms with E-state index in [4.69, 9.17) is 9.47 Å². The molecule has 0 saturated carbocycles. The van der Waals surface area contributed by atoms with E-state index < -0.39 is 0 Å². The van der Waals surface area contributed by atoms with Crippen molar-refractivity contribution in [3.8, 4) is 5.75 Å². The lowest BCUT2D eigenvalue weighted by Gasteiger charge is -2.15. The first-order chi connectivity index (χ1) is 10.2. The third kappa shape index (κ3) is 4.16. The summed E-state index contributed by atoms with van der Waals surface area (Å²) in [5.41, 5.74) is 0.894. The van der Waals surface area contributed by atoms with Crippen molar-refractivity contribution in [1.82, 2.24) is 10.3 Å². The summed E-state index contributed by atoms with van der Waals surface area (Å²) in [5.74, 6) is 0.503. The maximum atomic E-state index is 11.6. The first kappa shape index (κ1) is 15.3. The van der Waals surface area contributed by atoms with Crippen molar-refractivity contribution in [2.45, 2.75) is 19.4 Å². The predicted molar refractivity (Wildman–Crippen MR) is 81.3 cm³/mol. The van der Waals surface area contributed by atoms with E-state index >= 15 is 0 Å². The highest BCUT2D eigenvalue weighted by atomic mass is 16.5. The Morgan fingerprint density at radius 3 is 3.00 bits per heavy atom. The number of pyridine rings is 1. The molecule has 1 atom stereocenters. The van der Waals surface area contributed by atoms with E-state index in [0.29, 0.717) is 19.6 Å². The van der Waals surface area contributed by atoms with E-state index in [9.17, 15) is 4.79 Å². The second kappa shape index (κ2) is 7.59. The molecule has 0 radical (unpaired) electrons. The Kier molecular flexibility index (Phi) is 5.51. The highest BCUT2D eigenvalue weighted by Crippen LogP contribution is 2.18. The van der Waals surface area contributed by atoms with Crippen LogP contribution in [0, 0.1) is 0 Å². The highest BCUT2D eigenvalue weighted by Gasteiger charge is 2.17. The average Bonchev–Trinajstić information content (AvgIpc) is 2.51. The number of ether oxygens (including phenoxy) is 2. The molecule has 0 spiro atoms. The van der Waals surface area contributed by atoms with Crippen LogP contribution >= 0.6 is 0 Å². The molecule has 1 heterocycles. The summed E-state index contributed by atoms with van der Waals surface area (Å²) in [6.45, 7) is 2.61. The summed E-state index contributed by atoms with van der Waals surface area (Å²) in [5, 5.41) is 4.01. The molecule has 0 saturated heterocycles. The second-order valence-electron chi connectivity index (χ2n) is 4.59.